The highest BCUT2D eigenvalue weighted by Crippen LogP contribution is 2.27. The van der Waals surface area contributed by atoms with Crippen molar-refractivity contribution in [1.29, 1.82) is 0 Å². The van der Waals surface area contributed by atoms with Gasteiger partial charge in [0.25, 0.3) is 5.91 Å². The van der Waals surface area contributed by atoms with E-state index in [9.17, 15) is 13.2 Å². The summed E-state index contributed by atoms with van der Waals surface area (Å²) in [6.07, 6.45) is 8.80. The number of aromatic nitrogens is 2. The number of rotatable bonds is 5. The standard InChI is InChI=1S/C17H22N4O3S/c1-25(23,24)20-14-7-5-6-13(12-14)18-17(22)16-10-11-21(19-16)15-8-3-2-4-9-15/h5-7,10-12,15,20H,2-4,8-9H2,1H3,(H,18,22). The summed E-state index contributed by atoms with van der Waals surface area (Å²) in [7, 11) is -3.36. The Labute approximate surface area is 147 Å². The van der Waals surface area contributed by atoms with Crippen LogP contribution in [0.5, 0.6) is 0 Å². The lowest BCUT2D eigenvalue weighted by molar-refractivity contribution is 0.102. The summed E-state index contributed by atoms with van der Waals surface area (Å²) in [4.78, 5) is 12.4. The molecule has 1 aliphatic rings. The second kappa shape index (κ2) is 7.26. The first kappa shape index (κ1) is 17.5. The number of benzene rings is 1. The first-order valence-corrected chi connectivity index (χ1v) is 10.2. The summed E-state index contributed by atoms with van der Waals surface area (Å²) < 4.78 is 26.9. The maximum absolute atomic E-state index is 12.4. The van der Waals surface area contributed by atoms with Crippen LogP contribution in [0, 0.1) is 0 Å². The molecule has 2 N–H and O–H groups in total. The van der Waals surface area contributed by atoms with Crippen molar-refractivity contribution in [2.75, 3.05) is 16.3 Å². The molecule has 1 heterocycles. The van der Waals surface area contributed by atoms with Crippen molar-refractivity contribution in [2.24, 2.45) is 0 Å². The number of sulfonamides is 1. The van der Waals surface area contributed by atoms with Crippen LogP contribution in [-0.4, -0.2) is 30.4 Å². The van der Waals surface area contributed by atoms with E-state index in [4.69, 9.17) is 0 Å². The number of nitrogens with zero attached hydrogens (tertiary/aromatic N) is 2. The summed E-state index contributed by atoms with van der Waals surface area (Å²) in [5, 5.41) is 7.16. The second-order valence-electron chi connectivity index (χ2n) is 6.38. The quantitative estimate of drug-likeness (QED) is 0.855. The molecule has 0 bridgehead atoms. The highest BCUT2D eigenvalue weighted by atomic mass is 32.2. The van der Waals surface area contributed by atoms with Crippen molar-refractivity contribution in [3.05, 3.63) is 42.2 Å². The molecule has 7 nitrogen and oxygen atoms in total. The summed E-state index contributed by atoms with van der Waals surface area (Å²) in [5.41, 5.74) is 1.26. The van der Waals surface area contributed by atoms with Crippen LogP contribution in [0.4, 0.5) is 11.4 Å². The van der Waals surface area contributed by atoms with Gasteiger partial charge in [0.05, 0.1) is 18.0 Å². The number of nitrogens with one attached hydrogen (secondary N) is 2. The number of carbonyl (C=O) groups is 1. The molecule has 1 aliphatic carbocycles. The van der Waals surface area contributed by atoms with Gasteiger partial charge in [0.1, 0.15) is 0 Å². The lowest BCUT2D eigenvalue weighted by Gasteiger charge is -2.21. The van der Waals surface area contributed by atoms with E-state index < -0.39 is 10.0 Å². The van der Waals surface area contributed by atoms with Crippen molar-refractivity contribution in [3.8, 4) is 0 Å². The van der Waals surface area contributed by atoms with E-state index in [-0.39, 0.29) is 5.91 Å². The third-order valence-electron chi connectivity index (χ3n) is 4.21. The summed E-state index contributed by atoms with van der Waals surface area (Å²) in [6.45, 7) is 0. The van der Waals surface area contributed by atoms with Crippen molar-refractivity contribution in [3.63, 3.8) is 0 Å². The van der Waals surface area contributed by atoms with Crippen molar-refractivity contribution in [1.82, 2.24) is 9.78 Å². The molecule has 25 heavy (non-hydrogen) atoms. The van der Waals surface area contributed by atoms with Crippen LogP contribution in [0.1, 0.15) is 48.6 Å². The van der Waals surface area contributed by atoms with Crippen LogP contribution < -0.4 is 10.0 Å². The van der Waals surface area contributed by atoms with Crippen molar-refractivity contribution in [2.45, 2.75) is 38.1 Å². The molecule has 8 heteroatoms. The first-order valence-electron chi connectivity index (χ1n) is 8.35. The number of hydrogen-bond donors (Lipinski definition) is 2. The van der Waals surface area contributed by atoms with Crippen LogP contribution in [0.3, 0.4) is 0 Å². The molecular formula is C17H22N4O3S. The average Bonchev–Trinajstić information content (AvgIpc) is 3.04. The molecule has 1 aromatic carbocycles. The number of amides is 1. The molecule has 2 aromatic rings. The van der Waals surface area contributed by atoms with Gasteiger partial charge < -0.3 is 5.32 Å². The fourth-order valence-corrected chi connectivity index (χ4v) is 3.63. The highest BCUT2D eigenvalue weighted by molar-refractivity contribution is 7.92. The lowest BCUT2D eigenvalue weighted by Crippen LogP contribution is -2.17. The summed E-state index contributed by atoms with van der Waals surface area (Å²) in [5.74, 6) is -0.314. The van der Waals surface area contributed by atoms with Gasteiger partial charge in [-0.3, -0.25) is 14.2 Å². The molecule has 1 amide bonds. The Hall–Kier alpha value is -2.35. The highest BCUT2D eigenvalue weighted by Gasteiger charge is 2.18. The van der Waals surface area contributed by atoms with Crippen molar-refractivity contribution >= 4 is 27.3 Å². The van der Waals surface area contributed by atoms with Gasteiger partial charge in [0.15, 0.2) is 5.69 Å². The Bertz CT molecular complexity index is 854. The average molecular weight is 362 g/mol. The largest absolute Gasteiger partial charge is 0.321 e. The van der Waals surface area contributed by atoms with E-state index >= 15 is 0 Å². The number of carbonyl (C=O) groups excluding carboxylic acids is 1. The van der Waals surface area contributed by atoms with Crippen LogP contribution in [0.15, 0.2) is 36.5 Å². The molecular weight excluding hydrogens is 340 g/mol. The Morgan fingerprint density at radius 2 is 1.88 bits per heavy atom. The third kappa shape index (κ3) is 4.82. The monoisotopic (exact) mass is 362 g/mol. The molecule has 1 aromatic heterocycles. The summed E-state index contributed by atoms with van der Waals surface area (Å²) in [6, 6.07) is 8.64. The van der Waals surface area contributed by atoms with E-state index in [2.05, 4.69) is 15.1 Å². The van der Waals surface area contributed by atoms with Crippen LogP contribution in [0.2, 0.25) is 0 Å². The predicted molar refractivity (Wildman–Crippen MR) is 97.2 cm³/mol. The Morgan fingerprint density at radius 1 is 1.16 bits per heavy atom. The van der Waals surface area contributed by atoms with Gasteiger partial charge in [-0.2, -0.15) is 5.10 Å². The van der Waals surface area contributed by atoms with Crippen LogP contribution >= 0.6 is 0 Å². The number of anilines is 2. The summed E-state index contributed by atoms with van der Waals surface area (Å²) >= 11 is 0. The maximum atomic E-state index is 12.4. The molecule has 0 atom stereocenters. The SMILES string of the molecule is CS(=O)(=O)Nc1cccc(NC(=O)c2ccn(C3CCCCC3)n2)c1. The van der Waals surface area contributed by atoms with Gasteiger partial charge in [-0.1, -0.05) is 25.3 Å². The first-order chi connectivity index (χ1) is 11.9. The molecule has 0 unspecified atom stereocenters. The minimum atomic E-state index is -3.36. The zero-order valence-electron chi connectivity index (χ0n) is 14.1. The maximum Gasteiger partial charge on any atom is 0.276 e. The minimum absolute atomic E-state index is 0.314. The van der Waals surface area contributed by atoms with E-state index in [1.807, 2.05) is 10.9 Å². The van der Waals surface area contributed by atoms with E-state index in [1.165, 1.54) is 19.3 Å². The van der Waals surface area contributed by atoms with Gasteiger partial charge in [0.2, 0.25) is 10.0 Å². The van der Waals surface area contributed by atoms with E-state index in [0.29, 0.717) is 23.1 Å². The van der Waals surface area contributed by atoms with Gasteiger partial charge in [-0.05, 0) is 37.1 Å². The molecule has 0 aliphatic heterocycles. The Balaban J connectivity index is 1.68. The normalized spacial score (nSPS) is 15.7. The molecule has 0 radical (unpaired) electrons. The van der Waals surface area contributed by atoms with Gasteiger partial charge in [0, 0.05) is 11.9 Å². The smallest absolute Gasteiger partial charge is 0.276 e. The van der Waals surface area contributed by atoms with Gasteiger partial charge in [-0.15, -0.1) is 0 Å². The molecule has 1 fully saturated rings. The fourth-order valence-electron chi connectivity index (χ4n) is 3.08. The zero-order valence-corrected chi connectivity index (χ0v) is 14.9. The Kier molecular flexibility index (Phi) is 5.08. The molecule has 0 spiro atoms. The van der Waals surface area contributed by atoms with Crippen molar-refractivity contribution < 1.29 is 13.2 Å². The fraction of sp³-hybridized carbons (Fsp3) is 0.412. The Morgan fingerprint density at radius 3 is 2.60 bits per heavy atom. The molecule has 1 saturated carbocycles. The third-order valence-corrected chi connectivity index (χ3v) is 4.82. The van der Waals surface area contributed by atoms with Gasteiger partial charge >= 0.3 is 0 Å². The van der Waals surface area contributed by atoms with Gasteiger partial charge in [-0.25, -0.2) is 8.42 Å². The van der Waals surface area contributed by atoms with Crippen LogP contribution in [0.25, 0.3) is 0 Å². The predicted octanol–water partition coefficient (Wildman–Crippen LogP) is 3.01. The molecule has 3 rings (SSSR count). The lowest BCUT2D eigenvalue weighted by atomic mass is 9.96. The zero-order chi connectivity index (χ0) is 17.9. The minimum Gasteiger partial charge on any atom is -0.321 e. The van der Waals surface area contributed by atoms with Crippen LogP contribution in [-0.2, 0) is 10.0 Å². The topological polar surface area (TPSA) is 93.1 Å². The van der Waals surface area contributed by atoms with E-state index in [1.54, 1.807) is 30.3 Å². The second-order valence-corrected chi connectivity index (χ2v) is 8.13. The number of hydrogen-bond acceptors (Lipinski definition) is 4. The van der Waals surface area contributed by atoms with E-state index in [0.717, 1.165) is 19.1 Å². The molecule has 134 valence electrons. The molecule has 0 saturated heterocycles.